The second-order valence-corrected chi connectivity index (χ2v) is 20.1. The van der Waals surface area contributed by atoms with E-state index in [1.54, 1.807) is 24.8 Å². The molecule has 0 amide bonds. The third kappa shape index (κ3) is 10.7. The van der Waals surface area contributed by atoms with Gasteiger partial charge in [-0.2, -0.15) is 0 Å². The highest BCUT2D eigenvalue weighted by atomic mass is 31.1. The van der Waals surface area contributed by atoms with Crippen molar-refractivity contribution in [3.05, 3.63) is 143 Å². The van der Waals surface area contributed by atoms with Crippen molar-refractivity contribution in [2.24, 2.45) is 0 Å². The van der Waals surface area contributed by atoms with Gasteiger partial charge in [0.15, 0.2) is 0 Å². The van der Waals surface area contributed by atoms with E-state index in [0.717, 1.165) is 55.6 Å². The van der Waals surface area contributed by atoms with Gasteiger partial charge in [0, 0.05) is 47.0 Å². The summed E-state index contributed by atoms with van der Waals surface area (Å²) in [6.45, 7) is 23.4. The SMILES string of the molecule is CC(C)(C)P(C(C)(C)C)C(C)(C)C.Cc1c(C#Cc2ccc(-c3ccncc3)cc2)cc(CO)cc1C#Cc1ccc(-c2ccncc2)cc1. The summed E-state index contributed by atoms with van der Waals surface area (Å²) < 4.78 is 0. The Morgan fingerprint density at radius 1 is 0.500 bits per heavy atom. The molecular formula is C46H51N2OP. The van der Waals surface area contributed by atoms with E-state index in [4.69, 9.17) is 0 Å². The van der Waals surface area contributed by atoms with Gasteiger partial charge in [0.25, 0.3) is 0 Å². The van der Waals surface area contributed by atoms with E-state index in [1.807, 2.05) is 67.6 Å². The second kappa shape index (κ2) is 16.5. The predicted octanol–water partition coefficient (Wildman–Crippen LogP) is 11.3. The topological polar surface area (TPSA) is 46.0 Å². The van der Waals surface area contributed by atoms with Crippen LogP contribution in [0.5, 0.6) is 0 Å². The zero-order chi connectivity index (χ0) is 36.5. The molecule has 0 bridgehead atoms. The van der Waals surface area contributed by atoms with Crippen molar-refractivity contribution < 1.29 is 5.11 Å². The third-order valence-electron chi connectivity index (χ3n) is 8.14. The smallest absolute Gasteiger partial charge is 0.0682 e. The molecule has 0 aliphatic heterocycles. The third-order valence-corrected chi connectivity index (χ3v) is 12.2. The first-order valence-electron chi connectivity index (χ1n) is 17.2. The number of rotatable bonds is 3. The molecular weight excluding hydrogens is 627 g/mol. The molecule has 3 aromatic carbocycles. The summed E-state index contributed by atoms with van der Waals surface area (Å²) in [5.41, 5.74) is 9.86. The fourth-order valence-corrected chi connectivity index (χ4v) is 13.0. The molecule has 2 aromatic heterocycles. The quantitative estimate of drug-likeness (QED) is 0.153. The summed E-state index contributed by atoms with van der Waals surface area (Å²) >= 11 is 0. The highest BCUT2D eigenvalue weighted by molar-refractivity contribution is 7.62. The van der Waals surface area contributed by atoms with Crippen molar-refractivity contribution in [2.75, 3.05) is 0 Å². The highest BCUT2D eigenvalue weighted by Gasteiger charge is 2.41. The van der Waals surface area contributed by atoms with E-state index in [1.165, 1.54) is 0 Å². The summed E-state index contributed by atoms with van der Waals surface area (Å²) in [6, 6.07) is 28.1. The van der Waals surface area contributed by atoms with Gasteiger partial charge in [0.2, 0.25) is 0 Å². The fourth-order valence-electron chi connectivity index (χ4n) is 7.00. The van der Waals surface area contributed by atoms with Crippen molar-refractivity contribution in [1.82, 2.24) is 9.97 Å². The minimum absolute atomic E-state index is 0.0162. The van der Waals surface area contributed by atoms with Crippen LogP contribution in [0.3, 0.4) is 0 Å². The number of aliphatic hydroxyl groups is 1. The van der Waals surface area contributed by atoms with Gasteiger partial charge in [-0.1, -0.05) is 118 Å². The summed E-state index contributed by atoms with van der Waals surface area (Å²) in [7, 11) is 0.0162. The lowest BCUT2D eigenvalue weighted by molar-refractivity contribution is 0.282. The first-order chi connectivity index (χ1) is 23.6. The molecule has 0 saturated heterocycles. The molecule has 0 radical (unpaired) electrons. The molecule has 0 aliphatic rings. The number of aromatic nitrogens is 2. The van der Waals surface area contributed by atoms with E-state index >= 15 is 0 Å². The Morgan fingerprint density at radius 3 is 1.10 bits per heavy atom. The normalized spacial score (nSPS) is 11.4. The van der Waals surface area contributed by atoms with Gasteiger partial charge < -0.3 is 5.11 Å². The van der Waals surface area contributed by atoms with Crippen LogP contribution in [-0.4, -0.2) is 30.5 Å². The highest BCUT2D eigenvalue weighted by Crippen LogP contribution is 2.66. The molecule has 4 heteroatoms. The Morgan fingerprint density at radius 2 is 0.820 bits per heavy atom. The summed E-state index contributed by atoms with van der Waals surface area (Å²) in [4.78, 5) is 8.15. The molecule has 50 heavy (non-hydrogen) atoms. The molecule has 1 N–H and O–H groups in total. The van der Waals surface area contributed by atoms with Gasteiger partial charge in [-0.15, -0.1) is 0 Å². The zero-order valence-corrected chi connectivity index (χ0v) is 32.3. The second-order valence-electron chi connectivity index (χ2n) is 15.4. The average molecular weight is 679 g/mol. The first kappa shape index (κ1) is 38.3. The molecule has 0 fully saturated rings. The number of benzene rings is 3. The lowest BCUT2D eigenvalue weighted by Crippen LogP contribution is -2.34. The molecule has 0 aliphatic carbocycles. The van der Waals surface area contributed by atoms with Crippen molar-refractivity contribution >= 4 is 7.92 Å². The van der Waals surface area contributed by atoms with Gasteiger partial charge >= 0.3 is 0 Å². The van der Waals surface area contributed by atoms with Crippen LogP contribution in [0.1, 0.15) is 95.7 Å². The Kier molecular flexibility index (Phi) is 12.6. The van der Waals surface area contributed by atoms with Crippen LogP contribution in [0.4, 0.5) is 0 Å². The monoisotopic (exact) mass is 678 g/mol. The molecule has 256 valence electrons. The summed E-state index contributed by atoms with van der Waals surface area (Å²) in [6.07, 6.45) is 7.16. The van der Waals surface area contributed by atoms with Crippen LogP contribution in [0.25, 0.3) is 22.3 Å². The molecule has 5 rings (SSSR count). The van der Waals surface area contributed by atoms with Gasteiger partial charge in [-0.25, -0.2) is 0 Å². The molecule has 0 unspecified atom stereocenters. The standard InChI is InChI=1S/C34H24N2O.C12H27P/c1-25-33(12-6-26-2-8-29(9-3-26)31-14-18-35-19-15-31)22-28(24-37)23-34(25)13-7-27-4-10-30(11-5-27)32-16-20-36-21-17-32;1-10(2,3)13(11(4,5)6)12(7,8)9/h2-5,8-11,14-23,37H,24H2,1H3;1-9H3. The molecule has 2 heterocycles. The van der Waals surface area contributed by atoms with Gasteiger partial charge in [0.1, 0.15) is 0 Å². The lowest BCUT2D eigenvalue weighted by Gasteiger charge is -2.49. The van der Waals surface area contributed by atoms with Crippen molar-refractivity contribution in [3.63, 3.8) is 0 Å². The number of hydrogen-bond acceptors (Lipinski definition) is 3. The van der Waals surface area contributed by atoms with E-state index in [0.29, 0.717) is 15.5 Å². The number of pyridine rings is 2. The van der Waals surface area contributed by atoms with E-state index < -0.39 is 0 Å². The maximum atomic E-state index is 9.82. The maximum Gasteiger partial charge on any atom is 0.0682 e. The molecule has 3 nitrogen and oxygen atoms in total. The lowest BCUT2D eigenvalue weighted by atomic mass is 9.98. The Balaban J connectivity index is 0.000000369. The van der Waals surface area contributed by atoms with Crippen molar-refractivity contribution in [1.29, 1.82) is 0 Å². The van der Waals surface area contributed by atoms with E-state index in [9.17, 15) is 5.11 Å². The van der Waals surface area contributed by atoms with Crippen LogP contribution in [0, 0.1) is 30.6 Å². The fraction of sp³-hybridized carbons (Fsp3) is 0.304. The van der Waals surface area contributed by atoms with Gasteiger partial charge in [-0.05, 0) is 116 Å². The van der Waals surface area contributed by atoms with Crippen molar-refractivity contribution in [2.45, 2.75) is 91.3 Å². The maximum absolute atomic E-state index is 9.82. The van der Waals surface area contributed by atoms with E-state index in [-0.39, 0.29) is 14.5 Å². The summed E-state index contributed by atoms with van der Waals surface area (Å²) in [5, 5.41) is 11.2. The van der Waals surface area contributed by atoms with Crippen LogP contribution in [0.15, 0.2) is 110 Å². The van der Waals surface area contributed by atoms with Gasteiger partial charge in [0.05, 0.1) is 6.61 Å². The summed E-state index contributed by atoms with van der Waals surface area (Å²) in [5.74, 6) is 13.1. The van der Waals surface area contributed by atoms with E-state index in [2.05, 4.69) is 120 Å². The Hall–Kier alpha value is -4.53. The minimum atomic E-state index is -0.0646. The predicted molar refractivity (Wildman–Crippen MR) is 215 cm³/mol. The zero-order valence-electron chi connectivity index (χ0n) is 31.4. The number of nitrogens with zero attached hydrogens (tertiary/aromatic N) is 2. The Bertz CT molecular complexity index is 1820. The van der Waals surface area contributed by atoms with Gasteiger partial charge in [-0.3, -0.25) is 9.97 Å². The van der Waals surface area contributed by atoms with Crippen LogP contribution >= 0.6 is 7.92 Å². The number of aliphatic hydroxyl groups excluding tert-OH is 1. The molecule has 0 spiro atoms. The largest absolute Gasteiger partial charge is 0.392 e. The Labute approximate surface area is 302 Å². The first-order valence-corrected chi connectivity index (χ1v) is 18.5. The van der Waals surface area contributed by atoms with Crippen molar-refractivity contribution in [3.8, 4) is 45.9 Å². The van der Waals surface area contributed by atoms with Crippen LogP contribution in [-0.2, 0) is 6.61 Å². The minimum Gasteiger partial charge on any atom is -0.392 e. The molecule has 0 atom stereocenters. The molecule has 0 saturated carbocycles. The van der Waals surface area contributed by atoms with Crippen LogP contribution < -0.4 is 0 Å². The van der Waals surface area contributed by atoms with Crippen LogP contribution in [0.2, 0.25) is 0 Å². The number of hydrogen-bond donors (Lipinski definition) is 1. The molecule has 5 aromatic rings. The average Bonchev–Trinajstić information content (AvgIpc) is 3.07.